The zero-order valence-corrected chi connectivity index (χ0v) is 14.2. The van der Waals surface area contributed by atoms with Gasteiger partial charge >= 0.3 is 0 Å². The summed E-state index contributed by atoms with van der Waals surface area (Å²) in [5.41, 5.74) is 1.32. The molecule has 3 aromatic carbocycles. The molecule has 0 aromatic heterocycles. The van der Waals surface area contributed by atoms with Crippen LogP contribution >= 0.6 is 12.4 Å². The molecule has 0 radical (unpaired) electrons. The van der Waals surface area contributed by atoms with E-state index in [1.165, 1.54) is 27.1 Å². The maximum absolute atomic E-state index is 5.77. The Labute approximate surface area is 142 Å². The van der Waals surface area contributed by atoms with Gasteiger partial charge in [-0.2, -0.15) is 0 Å². The quantitative estimate of drug-likeness (QED) is 0.671. The first-order chi connectivity index (χ1) is 10.7. The van der Waals surface area contributed by atoms with Crippen LogP contribution in [-0.2, 0) is 6.42 Å². The Morgan fingerprint density at radius 1 is 1.00 bits per heavy atom. The molecule has 4 heteroatoms. The summed E-state index contributed by atoms with van der Waals surface area (Å²) in [6, 6.07) is 15.0. The lowest BCUT2D eigenvalue weighted by Gasteiger charge is -2.14. The van der Waals surface area contributed by atoms with Crippen molar-refractivity contribution in [3.05, 3.63) is 48.0 Å². The first-order valence-electron chi connectivity index (χ1n) is 7.62. The predicted octanol–water partition coefficient (Wildman–Crippen LogP) is 4.25. The molecule has 0 atom stereocenters. The van der Waals surface area contributed by atoms with Crippen LogP contribution in [0.1, 0.15) is 5.56 Å². The van der Waals surface area contributed by atoms with E-state index in [1.807, 2.05) is 0 Å². The summed E-state index contributed by atoms with van der Waals surface area (Å²) in [5.74, 6) is 1.76. The Balaban J connectivity index is 0.00000156. The lowest BCUT2D eigenvalue weighted by molar-refractivity contribution is 0.175. The van der Waals surface area contributed by atoms with Crippen LogP contribution in [0.15, 0.2) is 42.5 Å². The van der Waals surface area contributed by atoms with Gasteiger partial charge < -0.3 is 14.4 Å². The van der Waals surface area contributed by atoms with Crippen molar-refractivity contribution >= 4 is 34.0 Å². The van der Waals surface area contributed by atoms with Crippen LogP contribution in [0.2, 0.25) is 0 Å². The molecule has 3 aromatic rings. The zero-order valence-electron chi connectivity index (χ0n) is 13.3. The van der Waals surface area contributed by atoms with E-state index in [1.54, 1.807) is 0 Å². The third-order valence-corrected chi connectivity index (χ3v) is 4.28. The fourth-order valence-corrected chi connectivity index (χ4v) is 3.16. The molecule has 0 N–H and O–H groups in total. The maximum Gasteiger partial charge on any atom is 0.231 e. The largest absolute Gasteiger partial charge is 0.454 e. The first kappa shape index (κ1) is 15.9. The van der Waals surface area contributed by atoms with Gasteiger partial charge in [-0.05, 0) is 48.3 Å². The number of hydrogen-bond acceptors (Lipinski definition) is 3. The highest BCUT2D eigenvalue weighted by atomic mass is 35.5. The number of likely N-dealkylation sites (N-methyl/N-ethyl adjacent to an activating group) is 1. The molecular formula is C19H20ClNO2. The van der Waals surface area contributed by atoms with Crippen molar-refractivity contribution in [3.8, 4) is 11.5 Å². The average Bonchev–Trinajstić information content (AvgIpc) is 3.00. The average molecular weight is 330 g/mol. The number of ether oxygens (including phenoxy) is 2. The standard InChI is InChI=1S/C19H19NO2.ClH/c1-20(2)10-9-14-11-17-19(22-12-21-17)18-15-6-4-3-5-13(15)7-8-16(14)18;/h3-8,11H,9-10,12H2,1-2H3;1H. The fourth-order valence-electron chi connectivity index (χ4n) is 3.16. The molecule has 4 rings (SSSR count). The Morgan fingerprint density at radius 2 is 1.83 bits per heavy atom. The summed E-state index contributed by atoms with van der Waals surface area (Å²) in [6.45, 7) is 1.33. The van der Waals surface area contributed by atoms with Gasteiger partial charge in [-0.25, -0.2) is 0 Å². The normalized spacial score (nSPS) is 12.8. The van der Waals surface area contributed by atoms with Crippen LogP contribution in [0.3, 0.4) is 0 Å². The number of halogens is 1. The van der Waals surface area contributed by atoms with Crippen molar-refractivity contribution in [3.63, 3.8) is 0 Å². The Bertz CT molecular complexity index is 861. The van der Waals surface area contributed by atoms with E-state index in [9.17, 15) is 0 Å². The van der Waals surface area contributed by atoms with E-state index in [4.69, 9.17) is 9.47 Å². The third-order valence-electron chi connectivity index (χ3n) is 4.28. The topological polar surface area (TPSA) is 21.7 Å². The molecule has 0 saturated carbocycles. The van der Waals surface area contributed by atoms with E-state index >= 15 is 0 Å². The summed E-state index contributed by atoms with van der Waals surface area (Å²) in [4.78, 5) is 2.21. The third kappa shape index (κ3) is 2.71. The summed E-state index contributed by atoms with van der Waals surface area (Å²) in [7, 11) is 4.20. The van der Waals surface area contributed by atoms with E-state index in [-0.39, 0.29) is 12.4 Å². The Kier molecular flexibility index (Phi) is 4.33. The zero-order chi connectivity index (χ0) is 15.1. The van der Waals surface area contributed by atoms with Crippen molar-refractivity contribution in [1.82, 2.24) is 4.90 Å². The lowest BCUT2D eigenvalue weighted by atomic mass is 9.95. The predicted molar refractivity (Wildman–Crippen MR) is 97.1 cm³/mol. The molecule has 0 fully saturated rings. The molecule has 0 saturated heterocycles. The fraction of sp³-hybridized carbons (Fsp3) is 0.263. The number of rotatable bonds is 3. The molecule has 0 bridgehead atoms. The molecule has 1 aliphatic rings. The van der Waals surface area contributed by atoms with Crippen LogP contribution in [0.4, 0.5) is 0 Å². The summed E-state index contributed by atoms with van der Waals surface area (Å²) >= 11 is 0. The molecule has 0 amide bonds. The lowest BCUT2D eigenvalue weighted by Crippen LogP contribution is -2.15. The number of nitrogens with zero attached hydrogens (tertiary/aromatic N) is 1. The monoisotopic (exact) mass is 329 g/mol. The Hall–Kier alpha value is -1.97. The van der Waals surface area contributed by atoms with Gasteiger partial charge in [0.25, 0.3) is 0 Å². The minimum absolute atomic E-state index is 0. The van der Waals surface area contributed by atoms with Gasteiger partial charge in [0.2, 0.25) is 6.79 Å². The van der Waals surface area contributed by atoms with Crippen LogP contribution < -0.4 is 9.47 Å². The second kappa shape index (κ2) is 6.26. The van der Waals surface area contributed by atoms with Gasteiger partial charge in [0, 0.05) is 11.9 Å². The summed E-state index contributed by atoms with van der Waals surface area (Å²) in [6.07, 6.45) is 0.998. The van der Waals surface area contributed by atoms with Gasteiger partial charge in [-0.15, -0.1) is 12.4 Å². The van der Waals surface area contributed by atoms with E-state index in [0.29, 0.717) is 6.79 Å². The maximum atomic E-state index is 5.77. The van der Waals surface area contributed by atoms with E-state index in [0.717, 1.165) is 24.5 Å². The number of fused-ring (bicyclic) bond motifs is 5. The summed E-state index contributed by atoms with van der Waals surface area (Å²) < 4.78 is 11.4. The van der Waals surface area contributed by atoms with Gasteiger partial charge in [0.1, 0.15) is 0 Å². The molecule has 1 aliphatic heterocycles. The van der Waals surface area contributed by atoms with Crippen LogP contribution in [0.25, 0.3) is 21.5 Å². The Morgan fingerprint density at radius 3 is 2.65 bits per heavy atom. The van der Waals surface area contributed by atoms with Crippen LogP contribution in [-0.4, -0.2) is 32.3 Å². The second-order valence-electron chi connectivity index (χ2n) is 6.03. The van der Waals surface area contributed by atoms with Crippen LogP contribution in [0, 0.1) is 0 Å². The van der Waals surface area contributed by atoms with Gasteiger partial charge in [-0.3, -0.25) is 0 Å². The molecule has 0 spiro atoms. The molecule has 23 heavy (non-hydrogen) atoms. The first-order valence-corrected chi connectivity index (χ1v) is 7.62. The molecule has 120 valence electrons. The smallest absolute Gasteiger partial charge is 0.231 e. The van der Waals surface area contributed by atoms with Gasteiger partial charge in [0.05, 0.1) is 0 Å². The minimum atomic E-state index is 0. The highest BCUT2D eigenvalue weighted by Crippen LogP contribution is 2.44. The van der Waals surface area contributed by atoms with Gasteiger partial charge in [-0.1, -0.05) is 36.4 Å². The van der Waals surface area contributed by atoms with Crippen molar-refractivity contribution in [2.45, 2.75) is 6.42 Å². The summed E-state index contributed by atoms with van der Waals surface area (Å²) in [5, 5.41) is 4.91. The van der Waals surface area contributed by atoms with Crippen molar-refractivity contribution < 1.29 is 9.47 Å². The van der Waals surface area contributed by atoms with E-state index < -0.39 is 0 Å². The highest BCUT2D eigenvalue weighted by molar-refractivity contribution is 6.12. The van der Waals surface area contributed by atoms with E-state index in [2.05, 4.69) is 61.5 Å². The minimum Gasteiger partial charge on any atom is -0.454 e. The second-order valence-corrected chi connectivity index (χ2v) is 6.03. The SMILES string of the molecule is CN(C)CCc1cc2c(c3c1ccc1ccccc13)OCO2.Cl. The van der Waals surface area contributed by atoms with Crippen molar-refractivity contribution in [1.29, 1.82) is 0 Å². The van der Waals surface area contributed by atoms with Crippen molar-refractivity contribution in [2.75, 3.05) is 27.4 Å². The molecule has 0 aliphatic carbocycles. The molecule has 0 unspecified atom stereocenters. The highest BCUT2D eigenvalue weighted by Gasteiger charge is 2.21. The number of hydrogen-bond donors (Lipinski definition) is 0. The van der Waals surface area contributed by atoms with Gasteiger partial charge in [0.15, 0.2) is 11.5 Å². The molecular weight excluding hydrogens is 310 g/mol. The van der Waals surface area contributed by atoms with Crippen LogP contribution in [0.5, 0.6) is 11.5 Å². The molecule has 1 heterocycles. The van der Waals surface area contributed by atoms with Crippen molar-refractivity contribution in [2.24, 2.45) is 0 Å². The number of benzene rings is 3. The molecule has 3 nitrogen and oxygen atoms in total.